The van der Waals surface area contributed by atoms with E-state index in [1.54, 1.807) is 0 Å². The minimum atomic E-state index is -0.464. The van der Waals surface area contributed by atoms with Crippen LogP contribution in [0.2, 0.25) is 0 Å². The monoisotopic (exact) mass is 339 g/mol. The van der Waals surface area contributed by atoms with Crippen molar-refractivity contribution < 1.29 is 4.92 Å². The summed E-state index contributed by atoms with van der Waals surface area (Å²) in [5, 5.41) is 19.6. The van der Waals surface area contributed by atoms with Crippen LogP contribution in [0, 0.1) is 21.4 Å². The molecule has 1 fully saturated rings. The number of pyridine rings is 1. The van der Waals surface area contributed by atoms with Crippen LogP contribution in [0.25, 0.3) is 0 Å². The van der Waals surface area contributed by atoms with E-state index < -0.39 is 4.92 Å². The molecule has 1 unspecified atom stereocenters. The van der Waals surface area contributed by atoms with Gasteiger partial charge in [0.25, 0.3) is 5.69 Å². The maximum absolute atomic E-state index is 10.7. The Bertz CT molecular complexity index is 551. The minimum Gasteiger partial charge on any atom is -0.353 e. The fourth-order valence-corrected chi connectivity index (χ4v) is 2.74. The zero-order valence-electron chi connectivity index (χ0n) is 11.0. The average molecular weight is 340 g/mol. The van der Waals surface area contributed by atoms with E-state index in [1.807, 2.05) is 6.92 Å². The standard InChI is InChI=1S/C12H14BrN5O2/c1-9(7-14)16-2-4-17(5-3-16)12-11(13)6-10(8-15-12)18(19)20/h6,8-9H,2-5H2,1H3. The van der Waals surface area contributed by atoms with Crippen LogP contribution < -0.4 is 4.90 Å². The van der Waals surface area contributed by atoms with Gasteiger partial charge in [0, 0.05) is 32.2 Å². The van der Waals surface area contributed by atoms with Crippen molar-refractivity contribution in [1.29, 1.82) is 5.26 Å². The number of anilines is 1. The van der Waals surface area contributed by atoms with Gasteiger partial charge in [0.2, 0.25) is 0 Å². The fraction of sp³-hybridized carbons (Fsp3) is 0.500. The summed E-state index contributed by atoms with van der Waals surface area (Å²) in [5.41, 5.74) is -0.0302. The number of nitrogens with zero attached hydrogens (tertiary/aromatic N) is 5. The highest BCUT2D eigenvalue weighted by Crippen LogP contribution is 2.28. The Morgan fingerprint density at radius 3 is 2.65 bits per heavy atom. The third kappa shape index (κ3) is 3.05. The van der Waals surface area contributed by atoms with Crippen LogP contribution >= 0.6 is 15.9 Å². The highest BCUT2D eigenvalue weighted by molar-refractivity contribution is 9.10. The van der Waals surface area contributed by atoms with Gasteiger partial charge in [0.15, 0.2) is 0 Å². The summed E-state index contributed by atoms with van der Waals surface area (Å²) >= 11 is 3.33. The Labute approximate surface area is 125 Å². The van der Waals surface area contributed by atoms with Gasteiger partial charge < -0.3 is 4.90 Å². The molecule has 0 aliphatic carbocycles. The third-order valence-electron chi connectivity index (χ3n) is 3.37. The summed E-state index contributed by atoms with van der Waals surface area (Å²) in [6, 6.07) is 3.60. The number of hydrogen-bond donors (Lipinski definition) is 0. The largest absolute Gasteiger partial charge is 0.353 e. The fourth-order valence-electron chi connectivity index (χ4n) is 2.16. The Kier molecular flexibility index (Phi) is 4.52. The van der Waals surface area contributed by atoms with Crippen molar-refractivity contribution in [1.82, 2.24) is 9.88 Å². The predicted octanol–water partition coefficient (Wildman–Crippen LogP) is 1.79. The maximum atomic E-state index is 10.7. The summed E-state index contributed by atoms with van der Waals surface area (Å²) in [7, 11) is 0. The van der Waals surface area contributed by atoms with Crippen LogP contribution in [0.4, 0.5) is 11.5 Å². The normalized spacial score (nSPS) is 17.6. The van der Waals surface area contributed by atoms with Crippen molar-refractivity contribution in [2.75, 3.05) is 31.1 Å². The van der Waals surface area contributed by atoms with Gasteiger partial charge in [-0.1, -0.05) is 0 Å². The number of piperazine rings is 1. The number of rotatable bonds is 3. The molecule has 0 spiro atoms. The lowest BCUT2D eigenvalue weighted by Gasteiger charge is -2.36. The first-order valence-electron chi connectivity index (χ1n) is 6.21. The number of nitro groups is 1. The molecule has 1 aromatic rings. The van der Waals surface area contributed by atoms with E-state index in [9.17, 15) is 10.1 Å². The van der Waals surface area contributed by atoms with Crippen molar-refractivity contribution in [3.8, 4) is 6.07 Å². The summed E-state index contributed by atoms with van der Waals surface area (Å²) in [6.07, 6.45) is 1.27. The lowest BCUT2D eigenvalue weighted by atomic mass is 10.2. The molecule has 106 valence electrons. The summed E-state index contributed by atoms with van der Waals surface area (Å²) in [4.78, 5) is 18.6. The van der Waals surface area contributed by atoms with Crippen LogP contribution in [-0.4, -0.2) is 47.0 Å². The van der Waals surface area contributed by atoms with E-state index >= 15 is 0 Å². The van der Waals surface area contributed by atoms with E-state index in [0.717, 1.165) is 26.2 Å². The molecule has 1 aliphatic heterocycles. The molecule has 0 saturated carbocycles. The maximum Gasteiger partial charge on any atom is 0.288 e. The Morgan fingerprint density at radius 1 is 1.50 bits per heavy atom. The smallest absolute Gasteiger partial charge is 0.288 e. The van der Waals surface area contributed by atoms with Gasteiger partial charge in [-0.15, -0.1) is 0 Å². The molecule has 0 N–H and O–H groups in total. The second-order valence-corrected chi connectivity index (χ2v) is 5.44. The Hall–Kier alpha value is -1.72. The molecule has 8 heteroatoms. The molecule has 0 aromatic carbocycles. The molecule has 1 saturated heterocycles. The second-order valence-electron chi connectivity index (χ2n) is 4.58. The molecule has 0 bridgehead atoms. The van der Waals surface area contributed by atoms with Gasteiger partial charge in [-0.3, -0.25) is 15.0 Å². The Morgan fingerprint density at radius 2 is 2.15 bits per heavy atom. The van der Waals surface area contributed by atoms with Crippen LogP contribution in [-0.2, 0) is 0 Å². The van der Waals surface area contributed by atoms with Gasteiger partial charge in [0.05, 0.1) is 21.5 Å². The van der Waals surface area contributed by atoms with Gasteiger partial charge in [0.1, 0.15) is 12.0 Å². The molecule has 1 aliphatic rings. The van der Waals surface area contributed by atoms with Crippen LogP contribution in [0.15, 0.2) is 16.7 Å². The molecule has 20 heavy (non-hydrogen) atoms. The molecular formula is C12H14BrN5O2. The quantitative estimate of drug-likeness (QED) is 0.616. The van der Waals surface area contributed by atoms with Crippen molar-refractivity contribution in [2.24, 2.45) is 0 Å². The number of aromatic nitrogens is 1. The van der Waals surface area contributed by atoms with Crippen molar-refractivity contribution in [2.45, 2.75) is 13.0 Å². The van der Waals surface area contributed by atoms with Crippen molar-refractivity contribution >= 4 is 27.4 Å². The van der Waals surface area contributed by atoms with E-state index in [0.29, 0.717) is 10.3 Å². The van der Waals surface area contributed by atoms with E-state index in [-0.39, 0.29) is 11.7 Å². The van der Waals surface area contributed by atoms with Crippen molar-refractivity contribution in [3.63, 3.8) is 0 Å². The summed E-state index contributed by atoms with van der Waals surface area (Å²) < 4.78 is 0.619. The van der Waals surface area contributed by atoms with Gasteiger partial charge in [-0.2, -0.15) is 5.26 Å². The molecule has 1 atom stereocenters. The molecular weight excluding hydrogens is 326 g/mol. The zero-order chi connectivity index (χ0) is 14.7. The molecule has 1 aromatic heterocycles. The first-order chi connectivity index (χ1) is 9.52. The molecule has 2 rings (SSSR count). The van der Waals surface area contributed by atoms with E-state index in [1.165, 1.54) is 12.3 Å². The summed E-state index contributed by atoms with van der Waals surface area (Å²) in [6.45, 7) is 4.93. The van der Waals surface area contributed by atoms with Crippen LogP contribution in [0.1, 0.15) is 6.92 Å². The number of hydrogen-bond acceptors (Lipinski definition) is 6. The lowest BCUT2D eigenvalue weighted by Crippen LogP contribution is -2.49. The SMILES string of the molecule is CC(C#N)N1CCN(c2ncc([N+](=O)[O-])cc2Br)CC1. The predicted molar refractivity (Wildman–Crippen MR) is 77.5 cm³/mol. The molecule has 7 nitrogen and oxygen atoms in total. The van der Waals surface area contributed by atoms with Crippen LogP contribution in [0.5, 0.6) is 0 Å². The average Bonchev–Trinajstić information content (AvgIpc) is 2.46. The topological polar surface area (TPSA) is 86.3 Å². The van der Waals surface area contributed by atoms with Crippen molar-refractivity contribution in [3.05, 3.63) is 26.9 Å². The third-order valence-corrected chi connectivity index (χ3v) is 3.95. The summed E-state index contributed by atoms with van der Waals surface area (Å²) in [5.74, 6) is 0.708. The van der Waals surface area contributed by atoms with E-state index in [4.69, 9.17) is 5.26 Å². The van der Waals surface area contributed by atoms with E-state index in [2.05, 4.69) is 36.8 Å². The molecule has 0 radical (unpaired) electrons. The number of nitriles is 1. The van der Waals surface area contributed by atoms with Crippen LogP contribution in [0.3, 0.4) is 0 Å². The zero-order valence-corrected chi connectivity index (χ0v) is 12.6. The first-order valence-corrected chi connectivity index (χ1v) is 7.00. The Balaban J connectivity index is 2.08. The van der Waals surface area contributed by atoms with Gasteiger partial charge in [-0.25, -0.2) is 4.98 Å². The number of halogens is 1. The highest BCUT2D eigenvalue weighted by Gasteiger charge is 2.23. The molecule has 0 amide bonds. The second kappa shape index (κ2) is 6.15. The van der Waals surface area contributed by atoms with Gasteiger partial charge in [-0.05, 0) is 22.9 Å². The minimum absolute atomic E-state index is 0.0302. The lowest BCUT2D eigenvalue weighted by molar-refractivity contribution is -0.385. The van der Waals surface area contributed by atoms with Gasteiger partial charge >= 0.3 is 0 Å². The first kappa shape index (κ1) is 14.7. The highest BCUT2D eigenvalue weighted by atomic mass is 79.9. The molecule has 2 heterocycles.